The highest BCUT2D eigenvalue weighted by Gasteiger charge is 2.08. The highest BCUT2D eigenvalue weighted by Crippen LogP contribution is 2.27. The van der Waals surface area contributed by atoms with Crippen molar-refractivity contribution in [1.29, 1.82) is 0 Å². The fraction of sp³-hybridized carbons (Fsp3) is 0.250. The molecule has 0 saturated carbocycles. The maximum Gasteiger partial charge on any atom is 0.150 e. The standard InChI is InChI=1S/C12H13FN2S2/c1-8-6-16-12(15-8)17-7-10-4-2-3-9(5-14)11(10)13/h2-4,6H,5,7,14H2,1H3. The molecule has 5 heteroatoms. The molecule has 2 aromatic rings. The number of rotatable bonds is 4. The number of nitrogens with zero attached hydrogens (tertiary/aromatic N) is 1. The lowest BCUT2D eigenvalue weighted by Gasteiger charge is -2.05. The topological polar surface area (TPSA) is 38.9 Å². The predicted octanol–water partition coefficient (Wildman–Crippen LogP) is 3.34. The zero-order chi connectivity index (χ0) is 12.3. The molecule has 0 aliphatic heterocycles. The Morgan fingerprint density at radius 2 is 2.18 bits per heavy atom. The molecule has 2 N–H and O–H groups in total. The summed E-state index contributed by atoms with van der Waals surface area (Å²) in [5.41, 5.74) is 7.74. The number of thioether (sulfide) groups is 1. The summed E-state index contributed by atoms with van der Waals surface area (Å²) < 4.78 is 14.8. The van der Waals surface area contributed by atoms with Crippen LogP contribution in [0.25, 0.3) is 0 Å². The molecule has 0 bridgehead atoms. The number of thiazole rings is 1. The fourth-order valence-electron chi connectivity index (χ4n) is 1.44. The molecule has 90 valence electrons. The Labute approximate surface area is 108 Å². The lowest BCUT2D eigenvalue weighted by Crippen LogP contribution is -2.02. The normalized spacial score (nSPS) is 10.8. The number of benzene rings is 1. The average molecular weight is 268 g/mol. The van der Waals surface area contributed by atoms with Gasteiger partial charge in [-0.25, -0.2) is 9.37 Å². The summed E-state index contributed by atoms with van der Waals surface area (Å²) in [5.74, 6) is 0.405. The van der Waals surface area contributed by atoms with E-state index >= 15 is 0 Å². The summed E-state index contributed by atoms with van der Waals surface area (Å²) in [6.45, 7) is 2.19. The van der Waals surface area contributed by atoms with Gasteiger partial charge in [0.2, 0.25) is 0 Å². The van der Waals surface area contributed by atoms with Crippen molar-refractivity contribution in [1.82, 2.24) is 4.98 Å². The number of hydrogen-bond donors (Lipinski definition) is 1. The number of halogens is 1. The SMILES string of the molecule is Cc1csc(SCc2cccc(CN)c2F)n1. The van der Waals surface area contributed by atoms with Crippen molar-refractivity contribution < 1.29 is 4.39 Å². The van der Waals surface area contributed by atoms with Crippen LogP contribution in [-0.4, -0.2) is 4.98 Å². The third-order valence-electron chi connectivity index (χ3n) is 2.33. The predicted molar refractivity (Wildman–Crippen MR) is 70.7 cm³/mol. The van der Waals surface area contributed by atoms with Crippen LogP contribution in [0.1, 0.15) is 16.8 Å². The lowest BCUT2D eigenvalue weighted by atomic mass is 10.1. The smallest absolute Gasteiger partial charge is 0.150 e. The molecule has 1 aromatic carbocycles. The largest absolute Gasteiger partial charge is 0.326 e. The van der Waals surface area contributed by atoms with Crippen molar-refractivity contribution in [2.45, 2.75) is 23.6 Å². The summed E-state index contributed by atoms with van der Waals surface area (Å²) in [7, 11) is 0. The summed E-state index contributed by atoms with van der Waals surface area (Å²) in [6.07, 6.45) is 0. The quantitative estimate of drug-likeness (QED) is 0.864. The van der Waals surface area contributed by atoms with Gasteiger partial charge in [0.1, 0.15) is 10.2 Å². The van der Waals surface area contributed by atoms with Crippen LogP contribution in [0.5, 0.6) is 0 Å². The molecule has 2 nitrogen and oxygen atoms in total. The number of hydrogen-bond acceptors (Lipinski definition) is 4. The maximum absolute atomic E-state index is 13.9. The molecule has 0 unspecified atom stereocenters. The molecule has 17 heavy (non-hydrogen) atoms. The number of aryl methyl sites for hydroxylation is 1. The van der Waals surface area contributed by atoms with E-state index in [0.717, 1.165) is 10.0 Å². The van der Waals surface area contributed by atoms with E-state index in [0.29, 0.717) is 16.9 Å². The van der Waals surface area contributed by atoms with Crippen LogP contribution in [0.4, 0.5) is 4.39 Å². The van der Waals surface area contributed by atoms with Gasteiger partial charge in [0.05, 0.1) is 0 Å². The number of aromatic nitrogens is 1. The van der Waals surface area contributed by atoms with Crippen LogP contribution < -0.4 is 5.73 Å². The third-order valence-corrected chi connectivity index (χ3v) is 4.52. The first-order valence-corrected chi connectivity index (χ1v) is 7.08. The Balaban J connectivity index is 2.09. The summed E-state index contributed by atoms with van der Waals surface area (Å²) in [4.78, 5) is 4.33. The van der Waals surface area contributed by atoms with E-state index in [-0.39, 0.29) is 12.4 Å². The van der Waals surface area contributed by atoms with Crippen LogP contribution in [0.2, 0.25) is 0 Å². The summed E-state index contributed by atoms with van der Waals surface area (Å²) in [6, 6.07) is 5.35. The van der Waals surface area contributed by atoms with Gasteiger partial charge in [0.25, 0.3) is 0 Å². The molecule has 0 radical (unpaired) electrons. The molecule has 0 spiro atoms. The van der Waals surface area contributed by atoms with E-state index in [2.05, 4.69) is 4.98 Å². The van der Waals surface area contributed by atoms with Gasteiger partial charge in [-0.2, -0.15) is 0 Å². The van der Waals surface area contributed by atoms with Crippen molar-refractivity contribution in [2.75, 3.05) is 0 Å². The van der Waals surface area contributed by atoms with Gasteiger partial charge in [-0.15, -0.1) is 11.3 Å². The molecule has 0 saturated heterocycles. The zero-order valence-corrected chi connectivity index (χ0v) is 11.1. The van der Waals surface area contributed by atoms with Crippen molar-refractivity contribution >= 4 is 23.1 Å². The molecule has 0 amide bonds. The molecular formula is C12H13FN2S2. The van der Waals surface area contributed by atoms with E-state index in [1.807, 2.05) is 18.4 Å². The van der Waals surface area contributed by atoms with Gasteiger partial charge in [-0.3, -0.25) is 0 Å². The first kappa shape index (κ1) is 12.5. The Bertz CT molecular complexity index is 511. The van der Waals surface area contributed by atoms with Gasteiger partial charge in [0.15, 0.2) is 0 Å². The molecular weight excluding hydrogens is 255 g/mol. The minimum atomic E-state index is -0.184. The van der Waals surface area contributed by atoms with Gasteiger partial charge in [-0.05, 0) is 12.5 Å². The van der Waals surface area contributed by atoms with E-state index in [4.69, 9.17) is 5.73 Å². The third kappa shape index (κ3) is 3.06. The first-order valence-electron chi connectivity index (χ1n) is 5.22. The van der Waals surface area contributed by atoms with Gasteiger partial charge < -0.3 is 5.73 Å². The van der Waals surface area contributed by atoms with Crippen molar-refractivity contribution in [3.05, 3.63) is 46.2 Å². The van der Waals surface area contributed by atoms with Crippen molar-refractivity contribution in [2.24, 2.45) is 5.73 Å². The fourth-order valence-corrected chi connectivity index (χ4v) is 3.26. The monoisotopic (exact) mass is 268 g/mol. The Morgan fingerprint density at radius 1 is 1.41 bits per heavy atom. The van der Waals surface area contributed by atoms with E-state index in [1.165, 1.54) is 0 Å². The van der Waals surface area contributed by atoms with Crippen LogP contribution in [0.15, 0.2) is 27.9 Å². The Hall–Kier alpha value is -0.910. The molecule has 0 atom stereocenters. The zero-order valence-electron chi connectivity index (χ0n) is 9.44. The lowest BCUT2D eigenvalue weighted by molar-refractivity contribution is 0.600. The molecule has 0 fully saturated rings. The first-order chi connectivity index (χ1) is 8.20. The second-order valence-corrected chi connectivity index (χ2v) is 5.72. The van der Waals surface area contributed by atoms with Crippen LogP contribution >= 0.6 is 23.1 Å². The minimum absolute atomic E-state index is 0.184. The van der Waals surface area contributed by atoms with Gasteiger partial charge >= 0.3 is 0 Å². The highest BCUT2D eigenvalue weighted by molar-refractivity contribution is 8.00. The molecule has 1 heterocycles. The van der Waals surface area contributed by atoms with Crippen LogP contribution in [0.3, 0.4) is 0 Å². The van der Waals surface area contributed by atoms with E-state index in [9.17, 15) is 4.39 Å². The summed E-state index contributed by atoms with van der Waals surface area (Å²) in [5, 5.41) is 2.00. The van der Waals surface area contributed by atoms with Gasteiger partial charge in [-0.1, -0.05) is 30.0 Å². The van der Waals surface area contributed by atoms with E-state index in [1.54, 1.807) is 35.2 Å². The van der Waals surface area contributed by atoms with Crippen molar-refractivity contribution in [3.63, 3.8) is 0 Å². The molecule has 1 aromatic heterocycles. The Morgan fingerprint density at radius 3 is 2.82 bits per heavy atom. The van der Waals surface area contributed by atoms with Gasteiger partial charge in [0, 0.05) is 28.9 Å². The van der Waals surface area contributed by atoms with Crippen LogP contribution in [0, 0.1) is 12.7 Å². The van der Waals surface area contributed by atoms with E-state index < -0.39 is 0 Å². The number of nitrogens with two attached hydrogens (primary N) is 1. The highest BCUT2D eigenvalue weighted by atomic mass is 32.2. The minimum Gasteiger partial charge on any atom is -0.326 e. The van der Waals surface area contributed by atoms with Crippen LogP contribution in [-0.2, 0) is 12.3 Å². The summed E-state index contributed by atoms with van der Waals surface area (Å²) >= 11 is 3.14. The second-order valence-electron chi connectivity index (χ2n) is 3.64. The maximum atomic E-state index is 13.9. The molecule has 2 rings (SSSR count). The van der Waals surface area contributed by atoms with Crippen molar-refractivity contribution in [3.8, 4) is 0 Å². The second kappa shape index (κ2) is 5.62. The molecule has 0 aliphatic rings. The average Bonchev–Trinajstić information content (AvgIpc) is 2.74. The molecule has 0 aliphatic carbocycles. The Kier molecular flexibility index (Phi) is 4.15.